The van der Waals surface area contributed by atoms with Gasteiger partial charge in [0.05, 0.1) is 5.92 Å². The third-order valence-electron chi connectivity index (χ3n) is 4.62. The van der Waals surface area contributed by atoms with Crippen LogP contribution in [0.25, 0.3) is 0 Å². The lowest BCUT2D eigenvalue weighted by atomic mass is 9.96. The summed E-state index contributed by atoms with van der Waals surface area (Å²) in [6.07, 6.45) is 0. The number of benzene rings is 1. The molecule has 1 aromatic rings. The number of hydrogen-bond donors (Lipinski definition) is 1. The minimum absolute atomic E-state index is 0.159. The van der Waals surface area contributed by atoms with E-state index in [2.05, 4.69) is 17.1 Å². The van der Waals surface area contributed by atoms with Crippen LogP contribution in [0.15, 0.2) is 24.3 Å². The molecule has 114 valence electrons. The van der Waals surface area contributed by atoms with Gasteiger partial charge in [-0.3, -0.25) is 4.79 Å². The van der Waals surface area contributed by atoms with Gasteiger partial charge in [-0.15, -0.1) is 0 Å². The number of nitrogens with one attached hydrogen (secondary N) is 1. The standard InChI is InChI=1S/C16H22ClN3O/c1-12-10-18-11-15(12)16(21)20-8-6-19(7-9-20)14-4-2-13(17)3-5-14/h2-5,12,15,18H,6-11H2,1H3/t12-,15-/m1/s1. The molecule has 1 N–H and O–H groups in total. The topological polar surface area (TPSA) is 35.6 Å². The van der Waals surface area contributed by atoms with Gasteiger partial charge in [0.1, 0.15) is 0 Å². The van der Waals surface area contributed by atoms with Crippen molar-refractivity contribution >= 4 is 23.2 Å². The molecule has 5 heteroatoms. The van der Waals surface area contributed by atoms with E-state index in [1.54, 1.807) is 0 Å². The summed E-state index contributed by atoms with van der Waals surface area (Å²) in [7, 11) is 0. The molecule has 21 heavy (non-hydrogen) atoms. The molecular weight excluding hydrogens is 286 g/mol. The summed E-state index contributed by atoms with van der Waals surface area (Å²) in [6.45, 7) is 7.35. The maximum Gasteiger partial charge on any atom is 0.227 e. The van der Waals surface area contributed by atoms with Crippen LogP contribution in [-0.4, -0.2) is 50.1 Å². The molecule has 0 bridgehead atoms. The normalized spacial score (nSPS) is 26.2. The molecule has 2 atom stereocenters. The molecule has 1 aromatic carbocycles. The third kappa shape index (κ3) is 3.16. The summed E-state index contributed by atoms with van der Waals surface area (Å²) in [5, 5.41) is 4.07. The molecule has 2 aliphatic heterocycles. The van der Waals surface area contributed by atoms with E-state index in [9.17, 15) is 4.79 Å². The summed E-state index contributed by atoms with van der Waals surface area (Å²) < 4.78 is 0. The Kier molecular flexibility index (Phi) is 4.36. The van der Waals surface area contributed by atoms with Gasteiger partial charge in [0, 0.05) is 43.4 Å². The van der Waals surface area contributed by atoms with E-state index in [4.69, 9.17) is 11.6 Å². The molecule has 3 rings (SSSR count). The molecule has 0 radical (unpaired) electrons. The zero-order valence-corrected chi connectivity index (χ0v) is 13.1. The molecule has 1 amide bonds. The van der Waals surface area contributed by atoms with Gasteiger partial charge in [0.25, 0.3) is 0 Å². The van der Waals surface area contributed by atoms with Crippen molar-refractivity contribution < 1.29 is 4.79 Å². The van der Waals surface area contributed by atoms with Crippen LogP contribution in [-0.2, 0) is 4.79 Å². The largest absolute Gasteiger partial charge is 0.368 e. The molecule has 2 heterocycles. The number of piperazine rings is 1. The fraction of sp³-hybridized carbons (Fsp3) is 0.562. The number of anilines is 1. The maximum absolute atomic E-state index is 12.5. The van der Waals surface area contributed by atoms with Crippen molar-refractivity contribution in [2.75, 3.05) is 44.2 Å². The van der Waals surface area contributed by atoms with Gasteiger partial charge in [-0.25, -0.2) is 0 Å². The van der Waals surface area contributed by atoms with Crippen LogP contribution in [0, 0.1) is 11.8 Å². The van der Waals surface area contributed by atoms with E-state index in [1.165, 1.54) is 5.69 Å². The number of nitrogens with zero attached hydrogens (tertiary/aromatic N) is 2. The van der Waals surface area contributed by atoms with Crippen molar-refractivity contribution in [3.8, 4) is 0 Å². The monoisotopic (exact) mass is 307 g/mol. The van der Waals surface area contributed by atoms with E-state index >= 15 is 0 Å². The van der Waals surface area contributed by atoms with Gasteiger partial charge in [-0.05, 0) is 36.7 Å². The number of hydrogen-bond acceptors (Lipinski definition) is 3. The van der Waals surface area contributed by atoms with Crippen LogP contribution in [0.1, 0.15) is 6.92 Å². The second kappa shape index (κ2) is 6.24. The van der Waals surface area contributed by atoms with Gasteiger partial charge in [-0.2, -0.15) is 0 Å². The fourth-order valence-electron chi connectivity index (χ4n) is 3.21. The number of carbonyl (C=O) groups excluding carboxylic acids is 1. The van der Waals surface area contributed by atoms with Crippen molar-refractivity contribution in [1.29, 1.82) is 0 Å². The predicted molar refractivity (Wildman–Crippen MR) is 85.8 cm³/mol. The van der Waals surface area contributed by atoms with Crippen LogP contribution in [0.2, 0.25) is 5.02 Å². The molecule has 0 spiro atoms. The van der Waals surface area contributed by atoms with Crippen molar-refractivity contribution in [3.05, 3.63) is 29.3 Å². The van der Waals surface area contributed by atoms with Gasteiger partial charge < -0.3 is 15.1 Å². The Morgan fingerprint density at radius 2 is 1.81 bits per heavy atom. The lowest BCUT2D eigenvalue weighted by Gasteiger charge is -2.37. The molecule has 0 aliphatic carbocycles. The van der Waals surface area contributed by atoms with Gasteiger partial charge >= 0.3 is 0 Å². The molecule has 0 unspecified atom stereocenters. The van der Waals surface area contributed by atoms with Crippen LogP contribution >= 0.6 is 11.6 Å². The second-order valence-corrected chi connectivity index (χ2v) is 6.47. The second-order valence-electron chi connectivity index (χ2n) is 6.03. The Balaban J connectivity index is 1.57. The number of amides is 1. The molecule has 2 saturated heterocycles. The first kappa shape index (κ1) is 14.7. The fourth-order valence-corrected chi connectivity index (χ4v) is 3.34. The number of rotatable bonds is 2. The van der Waals surface area contributed by atoms with Crippen molar-refractivity contribution in [2.24, 2.45) is 11.8 Å². The van der Waals surface area contributed by atoms with Gasteiger partial charge in [-0.1, -0.05) is 18.5 Å². The van der Waals surface area contributed by atoms with Gasteiger partial charge in [0.2, 0.25) is 5.91 Å². The number of carbonyl (C=O) groups is 1. The molecular formula is C16H22ClN3O. The highest BCUT2D eigenvalue weighted by Crippen LogP contribution is 2.22. The summed E-state index contributed by atoms with van der Waals surface area (Å²) in [5.41, 5.74) is 1.18. The highest BCUT2D eigenvalue weighted by atomic mass is 35.5. The minimum atomic E-state index is 0.159. The average Bonchev–Trinajstić information content (AvgIpc) is 2.94. The maximum atomic E-state index is 12.5. The smallest absolute Gasteiger partial charge is 0.227 e. The zero-order chi connectivity index (χ0) is 14.8. The molecule has 2 fully saturated rings. The lowest BCUT2D eigenvalue weighted by Crippen LogP contribution is -2.51. The summed E-state index contributed by atoms with van der Waals surface area (Å²) >= 11 is 5.92. The Morgan fingerprint density at radius 3 is 2.38 bits per heavy atom. The van der Waals surface area contributed by atoms with Crippen molar-refractivity contribution in [1.82, 2.24) is 10.2 Å². The van der Waals surface area contributed by atoms with Crippen molar-refractivity contribution in [2.45, 2.75) is 6.92 Å². The SMILES string of the molecule is C[C@@H]1CNC[C@H]1C(=O)N1CCN(c2ccc(Cl)cc2)CC1. The van der Waals surface area contributed by atoms with Crippen molar-refractivity contribution in [3.63, 3.8) is 0 Å². The average molecular weight is 308 g/mol. The molecule has 4 nitrogen and oxygen atoms in total. The summed E-state index contributed by atoms with van der Waals surface area (Å²) in [5.74, 6) is 0.933. The highest BCUT2D eigenvalue weighted by Gasteiger charge is 2.33. The zero-order valence-electron chi connectivity index (χ0n) is 12.4. The van der Waals surface area contributed by atoms with E-state index in [-0.39, 0.29) is 5.92 Å². The van der Waals surface area contributed by atoms with E-state index in [0.717, 1.165) is 44.3 Å². The minimum Gasteiger partial charge on any atom is -0.368 e. The van der Waals surface area contributed by atoms with E-state index in [1.807, 2.05) is 29.2 Å². The first-order chi connectivity index (χ1) is 10.1. The predicted octanol–water partition coefficient (Wildman–Crippen LogP) is 1.84. The molecule has 2 aliphatic rings. The Labute approximate surface area is 131 Å². The first-order valence-electron chi connectivity index (χ1n) is 7.65. The highest BCUT2D eigenvalue weighted by molar-refractivity contribution is 6.30. The van der Waals surface area contributed by atoms with E-state index in [0.29, 0.717) is 11.8 Å². The Hall–Kier alpha value is -1.26. The van der Waals surface area contributed by atoms with Gasteiger partial charge in [0.15, 0.2) is 0 Å². The van der Waals surface area contributed by atoms with Crippen LogP contribution in [0.4, 0.5) is 5.69 Å². The van der Waals surface area contributed by atoms with Crippen LogP contribution in [0.5, 0.6) is 0 Å². The summed E-state index contributed by atoms with van der Waals surface area (Å²) in [6, 6.07) is 7.92. The first-order valence-corrected chi connectivity index (χ1v) is 8.03. The number of halogens is 1. The van der Waals surface area contributed by atoms with E-state index < -0.39 is 0 Å². The molecule has 0 aromatic heterocycles. The lowest BCUT2D eigenvalue weighted by molar-refractivity contribution is -0.136. The quantitative estimate of drug-likeness (QED) is 0.906. The Bertz CT molecular complexity index is 497. The van der Waals surface area contributed by atoms with Crippen LogP contribution < -0.4 is 10.2 Å². The third-order valence-corrected chi connectivity index (χ3v) is 4.87. The Morgan fingerprint density at radius 1 is 1.14 bits per heavy atom. The molecule has 0 saturated carbocycles. The summed E-state index contributed by atoms with van der Waals surface area (Å²) in [4.78, 5) is 16.9. The van der Waals surface area contributed by atoms with Crippen LogP contribution in [0.3, 0.4) is 0 Å².